The average molecular weight is 348 g/mol. The van der Waals surface area contributed by atoms with Crippen LogP contribution in [0.5, 0.6) is 0 Å². The molecule has 20 heavy (non-hydrogen) atoms. The number of aromatic nitrogens is 1. The maximum absolute atomic E-state index is 7.55. The minimum atomic E-state index is 0. The minimum Gasteiger partial charge on any atom is -0.383 e. The first-order valence-corrected chi connectivity index (χ1v) is 8.73. The number of halogens is 1. The topological polar surface area (TPSA) is 62.8 Å². The van der Waals surface area contributed by atoms with Crippen molar-refractivity contribution in [3.05, 3.63) is 22.0 Å². The molecule has 0 spiro atoms. The lowest BCUT2D eigenvalue weighted by Crippen LogP contribution is -2.11. The minimum absolute atomic E-state index is 0. The van der Waals surface area contributed by atoms with E-state index < -0.39 is 0 Å². The van der Waals surface area contributed by atoms with Gasteiger partial charge in [0.2, 0.25) is 0 Å². The quantitative estimate of drug-likeness (QED) is 0.484. The number of thioether (sulfide) groups is 1. The molecule has 0 atom stereocenters. The van der Waals surface area contributed by atoms with Crippen molar-refractivity contribution in [1.29, 1.82) is 5.41 Å². The van der Waals surface area contributed by atoms with Gasteiger partial charge in [0.1, 0.15) is 10.8 Å². The van der Waals surface area contributed by atoms with E-state index in [0.29, 0.717) is 0 Å². The van der Waals surface area contributed by atoms with Crippen molar-refractivity contribution in [2.24, 2.45) is 5.73 Å². The molecule has 0 radical (unpaired) electrons. The molecule has 0 aliphatic heterocycles. The number of hydrogen-bond donors (Lipinski definition) is 2. The fraction of sp³-hybridized carbons (Fsp3) is 0.385. The normalized spacial score (nSPS) is 11.2. The molecule has 7 heteroatoms. The summed E-state index contributed by atoms with van der Waals surface area (Å²) in [5.74, 6) is 0.124. The second-order valence-corrected chi connectivity index (χ2v) is 8.20. The van der Waals surface area contributed by atoms with E-state index in [0.717, 1.165) is 21.1 Å². The molecule has 0 aliphatic rings. The van der Waals surface area contributed by atoms with Crippen molar-refractivity contribution in [3.8, 4) is 10.6 Å². The Bertz CT molecular complexity index is 611. The summed E-state index contributed by atoms with van der Waals surface area (Å²) in [4.78, 5) is 5.55. The largest absolute Gasteiger partial charge is 0.383 e. The monoisotopic (exact) mass is 347 g/mol. The number of nitrogen functional groups attached to an aromatic ring is 1. The molecule has 0 saturated heterocycles. The van der Waals surface area contributed by atoms with Crippen LogP contribution in [0.1, 0.15) is 31.3 Å². The number of thiazole rings is 1. The zero-order valence-corrected chi connectivity index (χ0v) is 15.1. The predicted octanol–water partition coefficient (Wildman–Crippen LogP) is 4.60. The first-order chi connectivity index (χ1) is 8.82. The van der Waals surface area contributed by atoms with Gasteiger partial charge < -0.3 is 5.73 Å². The molecular weight excluding hydrogens is 330 g/mol. The van der Waals surface area contributed by atoms with Gasteiger partial charge in [-0.1, -0.05) is 20.8 Å². The van der Waals surface area contributed by atoms with Gasteiger partial charge in [-0.2, -0.15) is 0 Å². The van der Waals surface area contributed by atoms with Gasteiger partial charge in [-0.3, -0.25) is 5.41 Å². The molecule has 2 aromatic heterocycles. The Hall–Kier alpha value is -0.560. The van der Waals surface area contributed by atoms with Crippen LogP contribution in [-0.4, -0.2) is 17.1 Å². The molecule has 0 amide bonds. The molecule has 2 aromatic rings. The third-order valence-corrected chi connectivity index (χ3v) is 5.83. The van der Waals surface area contributed by atoms with Gasteiger partial charge in [-0.15, -0.1) is 46.8 Å². The Morgan fingerprint density at radius 2 is 2.05 bits per heavy atom. The number of nitrogens with two attached hydrogens (primary N) is 1. The van der Waals surface area contributed by atoms with Crippen LogP contribution < -0.4 is 5.73 Å². The van der Waals surface area contributed by atoms with Crippen molar-refractivity contribution in [3.63, 3.8) is 0 Å². The van der Waals surface area contributed by atoms with E-state index in [1.165, 1.54) is 4.21 Å². The molecule has 3 N–H and O–H groups in total. The van der Waals surface area contributed by atoms with Crippen LogP contribution in [0.2, 0.25) is 0 Å². The highest BCUT2D eigenvalue weighted by Gasteiger charge is 2.20. The number of thiophene rings is 1. The second kappa shape index (κ2) is 6.47. The third kappa shape index (κ3) is 3.55. The van der Waals surface area contributed by atoms with Crippen molar-refractivity contribution < 1.29 is 0 Å². The zero-order chi connectivity index (χ0) is 14.2. The molecule has 0 fully saturated rings. The van der Waals surface area contributed by atoms with E-state index in [1.807, 2.05) is 12.3 Å². The van der Waals surface area contributed by atoms with Gasteiger partial charge in [-0.25, -0.2) is 4.98 Å². The summed E-state index contributed by atoms with van der Waals surface area (Å²) in [6, 6.07) is 1.98. The number of nitrogens with zero attached hydrogens (tertiary/aromatic N) is 1. The molecule has 0 aliphatic carbocycles. The fourth-order valence-corrected chi connectivity index (χ4v) is 4.48. The lowest BCUT2D eigenvalue weighted by atomic mass is 9.93. The summed E-state index contributed by atoms with van der Waals surface area (Å²) in [5.41, 5.74) is 7.84. The van der Waals surface area contributed by atoms with Crippen LogP contribution >= 0.6 is 46.8 Å². The first-order valence-electron chi connectivity index (χ1n) is 5.81. The third-order valence-electron chi connectivity index (χ3n) is 2.65. The van der Waals surface area contributed by atoms with E-state index in [4.69, 9.17) is 16.1 Å². The summed E-state index contributed by atoms with van der Waals surface area (Å²) in [6.45, 7) is 6.49. The first kappa shape index (κ1) is 17.5. The summed E-state index contributed by atoms with van der Waals surface area (Å²) in [7, 11) is 0. The Morgan fingerprint density at radius 1 is 1.40 bits per heavy atom. The van der Waals surface area contributed by atoms with Crippen LogP contribution in [0.25, 0.3) is 10.6 Å². The van der Waals surface area contributed by atoms with Crippen molar-refractivity contribution in [1.82, 2.24) is 4.98 Å². The van der Waals surface area contributed by atoms with E-state index in [-0.39, 0.29) is 23.7 Å². The Labute approximate surface area is 137 Å². The Morgan fingerprint density at radius 3 is 2.50 bits per heavy atom. The average Bonchev–Trinajstić information content (AvgIpc) is 2.94. The van der Waals surface area contributed by atoms with Gasteiger partial charge in [0.05, 0.1) is 14.8 Å². The number of hydrogen-bond acceptors (Lipinski definition) is 5. The Balaban J connectivity index is 0.00000200. The molecule has 0 bridgehead atoms. The van der Waals surface area contributed by atoms with Crippen LogP contribution in [-0.2, 0) is 5.41 Å². The maximum atomic E-state index is 7.55. The van der Waals surface area contributed by atoms with E-state index >= 15 is 0 Å². The van der Waals surface area contributed by atoms with Gasteiger partial charge in [-0.05, 0) is 12.3 Å². The van der Waals surface area contributed by atoms with Gasteiger partial charge >= 0.3 is 0 Å². The van der Waals surface area contributed by atoms with Crippen LogP contribution in [0.3, 0.4) is 0 Å². The van der Waals surface area contributed by atoms with Crippen molar-refractivity contribution in [2.75, 3.05) is 6.26 Å². The van der Waals surface area contributed by atoms with Crippen LogP contribution in [0, 0.1) is 5.41 Å². The highest BCUT2D eigenvalue weighted by Crippen LogP contribution is 2.40. The molecule has 0 aromatic carbocycles. The number of amidine groups is 1. The predicted molar refractivity (Wildman–Crippen MR) is 94.2 cm³/mol. The highest BCUT2D eigenvalue weighted by atomic mass is 35.5. The van der Waals surface area contributed by atoms with E-state index in [9.17, 15) is 0 Å². The van der Waals surface area contributed by atoms with Crippen LogP contribution in [0.15, 0.2) is 15.7 Å². The summed E-state index contributed by atoms with van der Waals surface area (Å²) >= 11 is 4.89. The summed E-state index contributed by atoms with van der Waals surface area (Å²) < 4.78 is 1.17. The van der Waals surface area contributed by atoms with Gasteiger partial charge in [0.25, 0.3) is 0 Å². The molecule has 0 unspecified atom stereocenters. The lowest BCUT2D eigenvalue weighted by molar-refractivity contribution is 0.573. The molecule has 110 valence electrons. The summed E-state index contributed by atoms with van der Waals surface area (Å²) in [6.07, 6.45) is 2.04. The molecule has 2 heterocycles. The molecule has 3 nitrogen and oxygen atoms in total. The highest BCUT2D eigenvalue weighted by molar-refractivity contribution is 8.00. The zero-order valence-electron chi connectivity index (χ0n) is 11.8. The smallest absolute Gasteiger partial charge is 0.133 e. The van der Waals surface area contributed by atoms with Crippen molar-refractivity contribution >= 4 is 52.7 Å². The molecular formula is C13H18ClN3S3. The number of rotatable bonds is 3. The maximum Gasteiger partial charge on any atom is 0.133 e. The summed E-state index contributed by atoms with van der Waals surface area (Å²) in [5, 5.41) is 10.7. The van der Waals surface area contributed by atoms with Crippen molar-refractivity contribution in [2.45, 2.75) is 30.4 Å². The fourth-order valence-electron chi connectivity index (χ4n) is 1.55. The van der Waals surface area contributed by atoms with E-state index in [2.05, 4.69) is 26.2 Å². The van der Waals surface area contributed by atoms with Gasteiger partial charge in [0, 0.05) is 16.4 Å². The molecule has 0 saturated carbocycles. The Kier molecular flexibility index (Phi) is 5.66. The van der Waals surface area contributed by atoms with Crippen LogP contribution in [0.4, 0.5) is 0 Å². The second-order valence-electron chi connectivity index (χ2n) is 5.22. The molecule has 2 rings (SSSR count). The lowest BCUT2D eigenvalue weighted by Gasteiger charge is -2.14. The SMILES string of the molecule is CSc1sc(C(=N)N)cc1-c1nc(C(C)(C)C)cs1.Cl. The number of nitrogens with one attached hydrogen (secondary N) is 1. The van der Waals surface area contributed by atoms with E-state index in [1.54, 1.807) is 34.4 Å². The standard InChI is InChI=1S/C13H17N3S3.ClH/c1-13(2,3)9-6-18-11(16-9)7-5-8(10(14)15)19-12(7)17-4;/h5-6H,1-4H3,(H3,14,15);1H. The van der Waals surface area contributed by atoms with Gasteiger partial charge in [0.15, 0.2) is 0 Å².